The molecule has 0 aromatic heterocycles. The van der Waals surface area contributed by atoms with Gasteiger partial charge in [0, 0.05) is 12.8 Å². The Kier molecular flexibility index (Phi) is 32.9. The Balaban J connectivity index is 2.39. The highest BCUT2D eigenvalue weighted by Gasteiger charge is 2.36. The van der Waals surface area contributed by atoms with Crippen LogP contribution in [0.3, 0.4) is 0 Å². The van der Waals surface area contributed by atoms with Gasteiger partial charge in [0.2, 0.25) is 0 Å². The predicted molar refractivity (Wildman–Crippen MR) is 240 cm³/mol. The number of epoxide rings is 1. The normalized spacial score (nSPS) is 17.8. The molecule has 59 heavy (non-hydrogen) atoms. The fraction of sp³-hybridized carbons (Fsp3) is 0.667. The number of phosphoric ester groups is 1. The molecule has 0 aromatic rings. The van der Waals surface area contributed by atoms with Crippen LogP contribution in [0.1, 0.15) is 142 Å². The molecule has 1 aliphatic rings. The second-order valence-electron chi connectivity index (χ2n) is 16.1. The zero-order valence-electron chi connectivity index (χ0n) is 37.4. The molecule has 0 radical (unpaired) electrons. The third kappa shape index (κ3) is 36.7. The Bertz CT molecular complexity index is 1340. The highest BCUT2D eigenvalue weighted by molar-refractivity contribution is 7.45. The van der Waals surface area contributed by atoms with Gasteiger partial charge in [0.1, 0.15) is 19.8 Å². The van der Waals surface area contributed by atoms with E-state index in [1.54, 1.807) is 0 Å². The van der Waals surface area contributed by atoms with Crippen LogP contribution in [0.15, 0.2) is 85.1 Å². The number of quaternary nitrogens is 1. The molecule has 0 spiro atoms. The van der Waals surface area contributed by atoms with Crippen LogP contribution in [-0.2, 0) is 37.4 Å². The van der Waals surface area contributed by atoms with Gasteiger partial charge in [-0.3, -0.25) is 14.2 Å². The van der Waals surface area contributed by atoms with Gasteiger partial charge in [-0.2, -0.15) is 0 Å². The van der Waals surface area contributed by atoms with Gasteiger partial charge in [0.05, 0.1) is 40.0 Å². The number of likely N-dealkylation sites (N-methyl/N-ethyl adjacent to an activating group) is 1. The molecule has 0 amide bonds. The van der Waals surface area contributed by atoms with Gasteiger partial charge in [-0.15, -0.1) is 0 Å². The average molecular weight is 846 g/mol. The van der Waals surface area contributed by atoms with Gasteiger partial charge >= 0.3 is 11.9 Å². The van der Waals surface area contributed by atoms with Crippen LogP contribution in [0.2, 0.25) is 0 Å². The molecule has 11 heteroatoms. The van der Waals surface area contributed by atoms with Crippen LogP contribution < -0.4 is 4.89 Å². The first kappa shape index (κ1) is 54.2. The summed E-state index contributed by atoms with van der Waals surface area (Å²) in [6.07, 6.45) is 47.8. The van der Waals surface area contributed by atoms with Gasteiger partial charge in [-0.25, -0.2) is 0 Å². The zero-order chi connectivity index (χ0) is 43.3. The van der Waals surface area contributed by atoms with Gasteiger partial charge in [-0.05, 0) is 89.9 Å². The lowest BCUT2D eigenvalue weighted by Crippen LogP contribution is -2.37. The number of allylic oxidation sites excluding steroid dienone is 13. The first-order valence-corrected chi connectivity index (χ1v) is 23.9. The average Bonchev–Trinajstić information content (AvgIpc) is 3.94. The molecule has 4 atom stereocenters. The summed E-state index contributed by atoms with van der Waals surface area (Å²) in [5.41, 5.74) is 0. The van der Waals surface area contributed by atoms with Crippen molar-refractivity contribution in [1.29, 1.82) is 0 Å². The minimum Gasteiger partial charge on any atom is -0.756 e. The molecule has 0 N–H and O–H groups in total. The number of ether oxygens (including phenoxy) is 3. The van der Waals surface area contributed by atoms with E-state index < -0.39 is 32.5 Å². The summed E-state index contributed by atoms with van der Waals surface area (Å²) < 4.78 is 39.6. The fourth-order valence-electron chi connectivity index (χ4n) is 5.67. The molecular weight excluding hydrogens is 766 g/mol. The summed E-state index contributed by atoms with van der Waals surface area (Å²) in [5.74, 6) is -0.986. The number of unbranched alkanes of at least 4 members (excludes halogenated alkanes) is 7. The fourth-order valence-corrected chi connectivity index (χ4v) is 6.40. The van der Waals surface area contributed by atoms with E-state index in [9.17, 15) is 19.0 Å². The van der Waals surface area contributed by atoms with E-state index in [1.807, 2.05) is 27.2 Å². The Morgan fingerprint density at radius 1 is 0.627 bits per heavy atom. The van der Waals surface area contributed by atoms with E-state index >= 15 is 0 Å². The molecule has 0 saturated carbocycles. The number of hydrogen-bond donors (Lipinski definition) is 0. The van der Waals surface area contributed by atoms with Gasteiger partial charge in [-0.1, -0.05) is 125 Å². The summed E-state index contributed by atoms with van der Waals surface area (Å²) in [6, 6.07) is 0. The highest BCUT2D eigenvalue weighted by atomic mass is 31.2. The minimum absolute atomic E-state index is 0.0578. The summed E-state index contributed by atoms with van der Waals surface area (Å²) in [5, 5.41) is 0. The predicted octanol–water partition coefficient (Wildman–Crippen LogP) is 11.2. The molecule has 0 bridgehead atoms. The summed E-state index contributed by atoms with van der Waals surface area (Å²) in [4.78, 5) is 37.7. The molecule has 0 aromatic carbocycles. The van der Waals surface area contributed by atoms with E-state index in [2.05, 4.69) is 92.8 Å². The second kappa shape index (κ2) is 35.9. The number of carbonyl (C=O) groups excluding carboxylic acids is 2. The first-order valence-electron chi connectivity index (χ1n) is 22.4. The van der Waals surface area contributed by atoms with E-state index in [4.69, 9.17) is 23.3 Å². The SMILES string of the molecule is CCCCC/C=C\C/C=C\C/C=C\C/C=C\CCCC(=O)O[C@H](COC(=O)CCCC1OC1C/C=C\C/C=C\C/C=C\CCCCC)COP(=O)([O-])OCC[N+](C)(C)C. The van der Waals surface area contributed by atoms with E-state index in [-0.39, 0.29) is 38.3 Å². The van der Waals surface area contributed by atoms with Crippen molar-refractivity contribution in [3.8, 4) is 0 Å². The number of hydrogen-bond acceptors (Lipinski definition) is 9. The van der Waals surface area contributed by atoms with Crippen molar-refractivity contribution in [3.63, 3.8) is 0 Å². The molecule has 3 unspecified atom stereocenters. The smallest absolute Gasteiger partial charge is 0.306 e. The quantitative estimate of drug-likeness (QED) is 0.0149. The maximum atomic E-state index is 12.7. The van der Waals surface area contributed by atoms with Crippen molar-refractivity contribution in [2.24, 2.45) is 0 Å². The molecule has 1 aliphatic heterocycles. The van der Waals surface area contributed by atoms with E-state index in [0.717, 1.165) is 57.8 Å². The van der Waals surface area contributed by atoms with Crippen LogP contribution in [0.5, 0.6) is 0 Å². The van der Waals surface area contributed by atoms with Crippen molar-refractivity contribution in [2.75, 3.05) is 47.5 Å². The molecule has 336 valence electrons. The molecule has 10 nitrogen and oxygen atoms in total. The molecule has 1 fully saturated rings. The van der Waals surface area contributed by atoms with Crippen LogP contribution in [0.4, 0.5) is 0 Å². The Labute approximate surface area is 358 Å². The van der Waals surface area contributed by atoms with Crippen molar-refractivity contribution in [1.82, 2.24) is 0 Å². The monoisotopic (exact) mass is 846 g/mol. The lowest BCUT2D eigenvalue weighted by Gasteiger charge is -2.28. The third-order valence-corrected chi connectivity index (χ3v) is 10.3. The number of esters is 2. The summed E-state index contributed by atoms with van der Waals surface area (Å²) in [6.45, 7) is 3.99. The molecule has 1 heterocycles. The van der Waals surface area contributed by atoms with Crippen LogP contribution in [-0.4, -0.2) is 82.2 Å². The van der Waals surface area contributed by atoms with Crippen LogP contribution in [0.25, 0.3) is 0 Å². The molecule has 1 saturated heterocycles. The Hall–Kier alpha value is -2.85. The van der Waals surface area contributed by atoms with Crippen molar-refractivity contribution in [3.05, 3.63) is 85.1 Å². The molecule has 1 rings (SSSR count). The number of phosphoric acid groups is 1. The molecule has 0 aliphatic carbocycles. The summed E-state index contributed by atoms with van der Waals surface area (Å²) in [7, 11) is 1.07. The van der Waals surface area contributed by atoms with E-state index in [1.165, 1.54) is 38.5 Å². The van der Waals surface area contributed by atoms with Gasteiger partial charge in [0.15, 0.2) is 6.10 Å². The maximum Gasteiger partial charge on any atom is 0.306 e. The van der Waals surface area contributed by atoms with Gasteiger partial charge in [0.25, 0.3) is 7.82 Å². The Morgan fingerprint density at radius 3 is 1.64 bits per heavy atom. The van der Waals surface area contributed by atoms with Crippen LogP contribution >= 0.6 is 7.82 Å². The van der Waals surface area contributed by atoms with Crippen molar-refractivity contribution >= 4 is 19.8 Å². The van der Waals surface area contributed by atoms with Gasteiger partial charge < -0.3 is 32.6 Å². The zero-order valence-corrected chi connectivity index (χ0v) is 38.2. The lowest BCUT2D eigenvalue weighted by atomic mass is 10.1. The Morgan fingerprint density at radius 2 is 1.12 bits per heavy atom. The number of nitrogens with zero attached hydrogens (tertiary/aromatic N) is 1. The number of rotatable bonds is 38. The second-order valence-corrected chi connectivity index (χ2v) is 17.5. The lowest BCUT2D eigenvalue weighted by molar-refractivity contribution is -0.870. The maximum absolute atomic E-state index is 12.7. The standard InChI is InChI=1S/C48H80NO9P/c1-6-8-10-12-14-16-18-20-21-22-23-24-26-28-30-32-34-38-48(51)57-44(43-56-59(52,53)55-41-40-49(3,4)5)42-54-47(50)39-35-37-46-45(58-46)36-33-31-29-27-25-19-17-15-13-11-9-7-2/h14-17,20-21,23-25,27-28,30-31,33,44-46H,6-13,18-19,22,26,29,32,34-43H2,1-5H3/b16-14-,17-15-,21-20-,24-23-,27-25-,30-28-,33-31-/t44-,45?,46?/m1/s1. The largest absolute Gasteiger partial charge is 0.756 e. The first-order chi connectivity index (χ1) is 28.5. The highest BCUT2D eigenvalue weighted by Crippen LogP contribution is 2.38. The topological polar surface area (TPSA) is 124 Å². The number of carbonyl (C=O) groups is 2. The van der Waals surface area contributed by atoms with E-state index in [0.29, 0.717) is 30.3 Å². The van der Waals surface area contributed by atoms with Crippen molar-refractivity contribution < 1.29 is 46.8 Å². The van der Waals surface area contributed by atoms with Crippen molar-refractivity contribution in [2.45, 2.75) is 161 Å². The summed E-state index contributed by atoms with van der Waals surface area (Å²) >= 11 is 0. The van der Waals surface area contributed by atoms with Crippen LogP contribution in [0, 0.1) is 0 Å². The minimum atomic E-state index is -4.67. The third-order valence-electron chi connectivity index (χ3n) is 9.31. The molecular formula is C48H80NO9P.